The highest BCUT2D eigenvalue weighted by atomic mass is 35.5. The number of nitrogens with zero attached hydrogens (tertiary/aromatic N) is 4. The Morgan fingerprint density at radius 1 is 1.27 bits per heavy atom. The van der Waals surface area contributed by atoms with E-state index in [1.807, 2.05) is 19.2 Å². The molecule has 1 N–H and O–H groups in total. The van der Waals surface area contributed by atoms with Crippen LogP contribution >= 0.6 is 11.6 Å². The molecule has 0 aliphatic heterocycles. The Labute approximate surface area is 157 Å². The first-order chi connectivity index (χ1) is 12.5. The summed E-state index contributed by atoms with van der Waals surface area (Å²) in [6.07, 6.45) is 5.27. The van der Waals surface area contributed by atoms with Crippen LogP contribution in [-0.4, -0.2) is 38.5 Å². The first-order valence-corrected chi connectivity index (χ1v) is 9.01. The standard InChI is InChI=1S/C19H22ClN5O/c1-4-24(5-2)11-14-9-21-18-16(10-22-25(18)12-14)19(26)23-17-7-6-15(20)8-13(17)3/h6-10,12H,4-5,11H2,1-3H3,(H,23,26). The van der Waals surface area contributed by atoms with Crippen LogP contribution in [0.5, 0.6) is 0 Å². The largest absolute Gasteiger partial charge is 0.322 e. The number of hydrogen-bond acceptors (Lipinski definition) is 4. The number of rotatable bonds is 6. The summed E-state index contributed by atoms with van der Waals surface area (Å²) in [7, 11) is 0. The van der Waals surface area contributed by atoms with Crippen molar-refractivity contribution in [2.45, 2.75) is 27.3 Å². The fraction of sp³-hybridized carbons (Fsp3) is 0.316. The van der Waals surface area contributed by atoms with Crippen molar-refractivity contribution < 1.29 is 4.79 Å². The van der Waals surface area contributed by atoms with E-state index in [4.69, 9.17) is 11.6 Å². The minimum absolute atomic E-state index is 0.241. The van der Waals surface area contributed by atoms with Crippen LogP contribution in [0.2, 0.25) is 5.02 Å². The van der Waals surface area contributed by atoms with Crippen LogP contribution in [-0.2, 0) is 6.54 Å². The number of hydrogen-bond donors (Lipinski definition) is 1. The second kappa shape index (κ2) is 7.85. The Bertz CT molecular complexity index is 933. The molecule has 2 aromatic heterocycles. The van der Waals surface area contributed by atoms with E-state index in [9.17, 15) is 4.79 Å². The zero-order chi connectivity index (χ0) is 18.7. The summed E-state index contributed by atoms with van der Waals surface area (Å²) in [5.74, 6) is -0.241. The lowest BCUT2D eigenvalue weighted by Gasteiger charge is -2.17. The minimum atomic E-state index is -0.241. The van der Waals surface area contributed by atoms with Gasteiger partial charge in [0.05, 0.1) is 6.20 Å². The molecule has 7 heteroatoms. The summed E-state index contributed by atoms with van der Waals surface area (Å²) in [4.78, 5) is 19.4. The first-order valence-electron chi connectivity index (χ1n) is 8.64. The van der Waals surface area contributed by atoms with Crippen LogP contribution in [0.1, 0.15) is 35.3 Å². The van der Waals surface area contributed by atoms with E-state index in [1.165, 1.54) is 0 Å². The van der Waals surface area contributed by atoms with E-state index < -0.39 is 0 Å². The summed E-state index contributed by atoms with van der Waals surface area (Å²) < 4.78 is 1.66. The van der Waals surface area contributed by atoms with Crippen LogP contribution in [0.3, 0.4) is 0 Å². The van der Waals surface area contributed by atoms with Crippen LogP contribution in [0, 0.1) is 6.92 Å². The van der Waals surface area contributed by atoms with Gasteiger partial charge in [0, 0.05) is 35.2 Å². The highest BCUT2D eigenvalue weighted by Gasteiger charge is 2.15. The fourth-order valence-corrected chi connectivity index (χ4v) is 3.04. The van der Waals surface area contributed by atoms with E-state index in [-0.39, 0.29) is 5.91 Å². The number of aryl methyl sites for hydroxylation is 1. The molecule has 26 heavy (non-hydrogen) atoms. The number of amides is 1. The number of fused-ring (bicyclic) bond motifs is 1. The smallest absolute Gasteiger partial charge is 0.261 e. The van der Waals surface area contributed by atoms with Crippen molar-refractivity contribution in [2.75, 3.05) is 18.4 Å². The highest BCUT2D eigenvalue weighted by Crippen LogP contribution is 2.21. The second-order valence-corrected chi connectivity index (χ2v) is 6.60. The Morgan fingerprint density at radius 3 is 2.73 bits per heavy atom. The molecule has 0 radical (unpaired) electrons. The molecule has 1 amide bonds. The van der Waals surface area contributed by atoms with Crippen molar-refractivity contribution in [3.8, 4) is 0 Å². The number of halogens is 1. The zero-order valence-electron chi connectivity index (χ0n) is 15.2. The molecule has 136 valence electrons. The Morgan fingerprint density at radius 2 is 2.04 bits per heavy atom. The molecular formula is C19H22ClN5O. The molecule has 0 unspecified atom stereocenters. The normalized spacial score (nSPS) is 11.3. The highest BCUT2D eigenvalue weighted by molar-refractivity contribution is 6.30. The molecule has 0 spiro atoms. The van der Waals surface area contributed by atoms with Gasteiger partial charge in [0.1, 0.15) is 5.56 Å². The average Bonchev–Trinajstić information content (AvgIpc) is 3.05. The first kappa shape index (κ1) is 18.4. The molecule has 0 bridgehead atoms. The molecule has 2 heterocycles. The second-order valence-electron chi connectivity index (χ2n) is 6.16. The maximum absolute atomic E-state index is 12.6. The molecule has 3 rings (SSSR count). The predicted octanol–water partition coefficient (Wildman–Crippen LogP) is 3.79. The van der Waals surface area contributed by atoms with Crippen molar-refractivity contribution in [3.63, 3.8) is 0 Å². The maximum Gasteiger partial charge on any atom is 0.261 e. The van der Waals surface area contributed by atoms with Gasteiger partial charge in [-0.05, 0) is 43.8 Å². The number of benzene rings is 1. The monoisotopic (exact) mass is 371 g/mol. The van der Waals surface area contributed by atoms with E-state index in [0.29, 0.717) is 16.2 Å². The maximum atomic E-state index is 12.6. The predicted molar refractivity (Wildman–Crippen MR) is 104 cm³/mol. The van der Waals surface area contributed by atoms with Gasteiger partial charge < -0.3 is 5.32 Å². The lowest BCUT2D eigenvalue weighted by molar-refractivity contribution is 0.102. The van der Waals surface area contributed by atoms with Gasteiger partial charge in [-0.1, -0.05) is 25.4 Å². The van der Waals surface area contributed by atoms with Crippen LogP contribution < -0.4 is 5.32 Å². The molecule has 0 fully saturated rings. The number of anilines is 1. The van der Waals surface area contributed by atoms with E-state index in [1.54, 1.807) is 29.0 Å². The molecule has 0 aliphatic carbocycles. The van der Waals surface area contributed by atoms with Crippen molar-refractivity contribution in [1.29, 1.82) is 0 Å². The van der Waals surface area contributed by atoms with Crippen LogP contribution in [0.25, 0.3) is 5.65 Å². The summed E-state index contributed by atoms with van der Waals surface area (Å²) in [5, 5.41) is 7.83. The van der Waals surface area contributed by atoms with E-state index >= 15 is 0 Å². The molecule has 0 saturated heterocycles. The van der Waals surface area contributed by atoms with Crippen molar-refractivity contribution in [2.24, 2.45) is 0 Å². The Hall–Kier alpha value is -2.44. The Kier molecular flexibility index (Phi) is 5.54. The van der Waals surface area contributed by atoms with Gasteiger partial charge in [-0.2, -0.15) is 5.10 Å². The molecule has 3 aromatic rings. The number of nitrogens with one attached hydrogen (secondary N) is 1. The average molecular weight is 372 g/mol. The molecular weight excluding hydrogens is 350 g/mol. The third-order valence-corrected chi connectivity index (χ3v) is 4.63. The van der Waals surface area contributed by atoms with Gasteiger partial charge in [0.25, 0.3) is 5.91 Å². The molecule has 0 atom stereocenters. The van der Waals surface area contributed by atoms with Crippen molar-refractivity contribution in [3.05, 3.63) is 58.5 Å². The summed E-state index contributed by atoms with van der Waals surface area (Å²) >= 11 is 5.96. The zero-order valence-corrected chi connectivity index (χ0v) is 15.9. The summed E-state index contributed by atoms with van der Waals surface area (Å²) in [6, 6.07) is 5.35. The molecule has 0 aliphatic rings. The SMILES string of the molecule is CCN(CC)Cc1cnc2c(C(=O)Nc3ccc(Cl)cc3C)cnn2c1. The number of aromatic nitrogens is 3. The molecule has 6 nitrogen and oxygen atoms in total. The van der Waals surface area contributed by atoms with Crippen molar-refractivity contribution in [1.82, 2.24) is 19.5 Å². The number of carbonyl (C=O) groups excluding carboxylic acids is 1. The number of carbonyl (C=O) groups is 1. The van der Waals surface area contributed by atoms with Gasteiger partial charge >= 0.3 is 0 Å². The lowest BCUT2D eigenvalue weighted by Crippen LogP contribution is -2.22. The third kappa shape index (κ3) is 3.86. The van der Waals surface area contributed by atoms with Gasteiger partial charge in [0.2, 0.25) is 0 Å². The summed E-state index contributed by atoms with van der Waals surface area (Å²) in [6.45, 7) is 8.91. The van der Waals surface area contributed by atoms with Gasteiger partial charge in [0.15, 0.2) is 5.65 Å². The topological polar surface area (TPSA) is 62.5 Å². The van der Waals surface area contributed by atoms with Gasteiger partial charge in [-0.3, -0.25) is 9.69 Å². The van der Waals surface area contributed by atoms with Crippen LogP contribution in [0.4, 0.5) is 5.69 Å². The van der Waals surface area contributed by atoms with Crippen LogP contribution in [0.15, 0.2) is 36.8 Å². The van der Waals surface area contributed by atoms with E-state index in [2.05, 4.69) is 34.1 Å². The molecule has 0 saturated carbocycles. The van der Waals surface area contributed by atoms with Crippen molar-refractivity contribution >= 4 is 28.8 Å². The molecule has 1 aromatic carbocycles. The van der Waals surface area contributed by atoms with Gasteiger partial charge in [-0.25, -0.2) is 9.50 Å². The lowest BCUT2D eigenvalue weighted by atomic mass is 10.2. The van der Waals surface area contributed by atoms with Gasteiger partial charge in [-0.15, -0.1) is 0 Å². The minimum Gasteiger partial charge on any atom is -0.322 e. The van der Waals surface area contributed by atoms with E-state index in [0.717, 1.165) is 36.4 Å². The Balaban J connectivity index is 1.83. The fourth-order valence-electron chi connectivity index (χ4n) is 2.82. The summed E-state index contributed by atoms with van der Waals surface area (Å²) in [5.41, 5.74) is 3.66. The third-order valence-electron chi connectivity index (χ3n) is 4.39. The quantitative estimate of drug-likeness (QED) is 0.716.